The standard InChI is InChI=1S/C39H25N3O/c1-23-17-19-31-30-15-8-16-32(37(30)43-39(31)40-23)38-41-35-29-20-18-25-11-5-6-14-28(25)34(29)22-33(36(35)42-38)27-13-7-12-26(21-27)24-9-3-2-4-10-24/h2-22H,1H3,(H,41,42). The molecule has 0 aliphatic heterocycles. The van der Waals surface area contributed by atoms with Gasteiger partial charge in [0.05, 0.1) is 16.6 Å². The van der Waals surface area contributed by atoms with Crippen molar-refractivity contribution in [1.82, 2.24) is 15.0 Å². The Morgan fingerprint density at radius 3 is 2.23 bits per heavy atom. The van der Waals surface area contributed by atoms with E-state index in [1.165, 1.54) is 27.3 Å². The Hall–Kier alpha value is -5.74. The molecule has 4 nitrogen and oxygen atoms in total. The Kier molecular flexibility index (Phi) is 5.08. The maximum Gasteiger partial charge on any atom is 0.227 e. The van der Waals surface area contributed by atoms with Crippen molar-refractivity contribution in [2.75, 3.05) is 0 Å². The summed E-state index contributed by atoms with van der Waals surface area (Å²) in [6.07, 6.45) is 0. The smallest absolute Gasteiger partial charge is 0.227 e. The lowest BCUT2D eigenvalue weighted by molar-refractivity contribution is 0.653. The fourth-order valence-electron chi connectivity index (χ4n) is 6.45. The summed E-state index contributed by atoms with van der Waals surface area (Å²) in [6, 6.07) is 44.9. The van der Waals surface area contributed by atoms with Gasteiger partial charge in [-0.3, -0.25) is 0 Å². The van der Waals surface area contributed by atoms with Crippen molar-refractivity contribution in [2.45, 2.75) is 6.92 Å². The first-order chi connectivity index (χ1) is 21.2. The normalized spacial score (nSPS) is 11.8. The number of aryl methyl sites for hydroxylation is 1. The molecule has 202 valence electrons. The van der Waals surface area contributed by atoms with E-state index < -0.39 is 0 Å². The number of furan rings is 1. The van der Waals surface area contributed by atoms with Gasteiger partial charge in [0, 0.05) is 27.4 Å². The van der Waals surface area contributed by atoms with Gasteiger partial charge in [-0.05, 0) is 70.1 Å². The zero-order chi connectivity index (χ0) is 28.5. The molecular weight excluding hydrogens is 526 g/mol. The molecule has 1 N–H and O–H groups in total. The third-order valence-electron chi connectivity index (χ3n) is 8.53. The van der Waals surface area contributed by atoms with Crippen molar-refractivity contribution in [1.29, 1.82) is 0 Å². The molecule has 0 radical (unpaired) electrons. The molecule has 0 aliphatic carbocycles. The molecular formula is C39H25N3O. The van der Waals surface area contributed by atoms with E-state index in [1.807, 2.05) is 13.0 Å². The maximum atomic E-state index is 6.37. The number of nitrogens with one attached hydrogen (secondary N) is 1. The topological polar surface area (TPSA) is 54.7 Å². The highest BCUT2D eigenvalue weighted by molar-refractivity contribution is 6.20. The molecule has 0 atom stereocenters. The third kappa shape index (κ3) is 3.70. The van der Waals surface area contributed by atoms with Gasteiger partial charge in [-0.25, -0.2) is 9.97 Å². The molecule has 0 saturated heterocycles. The Balaban J connectivity index is 1.35. The second-order valence-corrected chi connectivity index (χ2v) is 11.2. The largest absolute Gasteiger partial charge is 0.437 e. The summed E-state index contributed by atoms with van der Waals surface area (Å²) < 4.78 is 6.37. The molecule has 3 aromatic heterocycles. The molecule has 43 heavy (non-hydrogen) atoms. The van der Waals surface area contributed by atoms with E-state index in [0.29, 0.717) is 5.71 Å². The van der Waals surface area contributed by atoms with Crippen molar-refractivity contribution >= 4 is 54.6 Å². The lowest BCUT2D eigenvalue weighted by Crippen LogP contribution is -1.86. The van der Waals surface area contributed by atoms with Crippen LogP contribution in [0.15, 0.2) is 132 Å². The van der Waals surface area contributed by atoms with Crippen LogP contribution in [0.5, 0.6) is 0 Å². The summed E-state index contributed by atoms with van der Waals surface area (Å²) in [5, 5.41) is 6.77. The van der Waals surface area contributed by atoms with Gasteiger partial charge in [0.1, 0.15) is 11.4 Å². The number of aromatic amines is 1. The molecule has 3 heterocycles. The predicted octanol–water partition coefficient (Wildman–Crippen LogP) is 10.5. The lowest BCUT2D eigenvalue weighted by Gasteiger charge is -2.11. The van der Waals surface area contributed by atoms with Gasteiger partial charge in [-0.1, -0.05) is 97.1 Å². The number of hydrogen-bond acceptors (Lipinski definition) is 3. The minimum Gasteiger partial charge on any atom is -0.437 e. The quantitative estimate of drug-likeness (QED) is 0.222. The van der Waals surface area contributed by atoms with Gasteiger partial charge in [-0.15, -0.1) is 0 Å². The van der Waals surface area contributed by atoms with Crippen LogP contribution in [0, 0.1) is 6.92 Å². The maximum absolute atomic E-state index is 6.37. The van der Waals surface area contributed by atoms with Crippen LogP contribution in [0.25, 0.3) is 88.3 Å². The van der Waals surface area contributed by atoms with Crippen LogP contribution in [-0.4, -0.2) is 15.0 Å². The van der Waals surface area contributed by atoms with E-state index in [1.54, 1.807) is 0 Å². The average molecular weight is 552 g/mol. The second-order valence-electron chi connectivity index (χ2n) is 11.2. The zero-order valence-corrected chi connectivity index (χ0v) is 23.4. The van der Waals surface area contributed by atoms with E-state index in [9.17, 15) is 0 Å². The van der Waals surface area contributed by atoms with E-state index in [0.717, 1.165) is 61.0 Å². The monoisotopic (exact) mass is 551 g/mol. The molecule has 9 aromatic rings. The summed E-state index contributed by atoms with van der Waals surface area (Å²) >= 11 is 0. The molecule has 0 bridgehead atoms. The van der Waals surface area contributed by atoms with Crippen LogP contribution in [0.1, 0.15) is 5.69 Å². The van der Waals surface area contributed by atoms with Crippen LogP contribution in [0.4, 0.5) is 0 Å². The predicted molar refractivity (Wildman–Crippen MR) is 177 cm³/mol. The molecule has 0 unspecified atom stereocenters. The van der Waals surface area contributed by atoms with Gasteiger partial charge >= 0.3 is 0 Å². The molecule has 0 saturated carbocycles. The van der Waals surface area contributed by atoms with Crippen molar-refractivity contribution in [2.24, 2.45) is 0 Å². The number of H-pyrrole nitrogens is 1. The Morgan fingerprint density at radius 2 is 1.30 bits per heavy atom. The Bertz CT molecular complexity index is 2520. The van der Waals surface area contributed by atoms with Gasteiger partial charge in [0.25, 0.3) is 0 Å². The number of hydrogen-bond donors (Lipinski definition) is 1. The second kappa shape index (κ2) is 9.13. The highest BCUT2D eigenvalue weighted by Crippen LogP contribution is 2.41. The number of benzene rings is 6. The number of aromatic nitrogens is 3. The highest BCUT2D eigenvalue weighted by Gasteiger charge is 2.19. The number of nitrogens with zero attached hydrogens (tertiary/aromatic N) is 2. The van der Waals surface area contributed by atoms with E-state index in [-0.39, 0.29) is 0 Å². The number of fused-ring (bicyclic) bond motifs is 8. The minimum absolute atomic E-state index is 0.647. The fraction of sp³-hybridized carbons (Fsp3) is 0.0256. The number of imidazole rings is 1. The van der Waals surface area contributed by atoms with Crippen molar-refractivity contribution in [3.8, 4) is 33.6 Å². The molecule has 4 heteroatoms. The highest BCUT2D eigenvalue weighted by atomic mass is 16.3. The third-order valence-corrected chi connectivity index (χ3v) is 8.53. The van der Waals surface area contributed by atoms with Crippen molar-refractivity contribution in [3.05, 3.63) is 133 Å². The fourth-order valence-corrected chi connectivity index (χ4v) is 6.45. The molecule has 0 aliphatic rings. The van der Waals surface area contributed by atoms with Crippen LogP contribution < -0.4 is 0 Å². The Morgan fingerprint density at radius 1 is 0.535 bits per heavy atom. The summed E-state index contributed by atoms with van der Waals surface area (Å²) in [6.45, 7) is 1.98. The average Bonchev–Trinajstić information content (AvgIpc) is 3.66. The first kappa shape index (κ1) is 23.9. The van der Waals surface area contributed by atoms with Crippen LogP contribution >= 0.6 is 0 Å². The lowest BCUT2D eigenvalue weighted by atomic mass is 9.94. The van der Waals surface area contributed by atoms with Crippen LogP contribution in [0.2, 0.25) is 0 Å². The molecule has 0 spiro atoms. The van der Waals surface area contributed by atoms with Crippen LogP contribution in [0.3, 0.4) is 0 Å². The molecule has 0 fully saturated rings. The first-order valence-electron chi connectivity index (χ1n) is 14.5. The summed E-state index contributed by atoms with van der Waals surface area (Å²) in [5.74, 6) is 0.775. The van der Waals surface area contributed by atoms with E-state index in [2.05, 4.69) is 131 Å². The van der Waals surface area contributed by atoms with Crippen molar-refractivity contribution < 1.29 is 4.42 Å². The van der Waals surface area contributed by atoms with Gasteiger partial charge in [0.15, 0.2) is 0 Å². The van der Waals surface area contributed by atoms with Crippen LogP contribution in [-0.2, 0) is 0 Å². The van der Waals surface area contributed by atoms with E-state index in [4.69, 9.17) is 9.40 Å². The summed E-state index contributed by atoms with van der Waals surface area (Å²) in [4.78, 5) is 13.7. The van der Waals surface area contributed by atoms with Gasteiger partial charge in [-0.2, -0.15) is 0 Å². The number of pyridine rings is 1. The van der Waals surface area contributed by atoms with Crippen molar-refractivity contribution in [3.63, 3.8) is 0 Å². The molecule has 9 rings (SSSR count). The zero-order valence-electron chi connectivity index (χ0n) is 23.4. The SMILES string of the molecule is Cc1ccc2c(n1)oc1c(-c3nc4c([nH]3)c(-c3cccc(-c5ccccc5)c3)cc3c5ccccc5ccc34)cccc12. The first-order valence-corrected chi connectivity index (χ1v) is 14.5. The summed E-state index contributed by atoms with van der Waals surface area (Å²) in [5.41, 5.74) is 9.86. The minimum atomic E-state index is 0.647. The Labute approximate surface area is 247 Å². The summed E-state index contributed by atoms with van der Waals surface area (Å²) in [7, 11) is 0. The van der Waals surface area contributed by atoms with E-state index >= 15 is 0 Å². The van der Waals surface area contributed by atoms with Gasteiger partial charge < -0.3 is 9.40 Å². The number of para-hydroxylation sites is 1. The molecule has 0 amide bonds. The molecule has 6 aromatic carbocycles. The number of rotatable bonds is 3. The van der Waals surface area contributed by atoms with Gasteiger partial charge in [0.2, 0.25) is 5.71 Å².